The molecule has 0 amide bonds. The lowest BCUT2D eigenvalue weighted by molar-refractivity contribution is 0.147. The Morgan fingerprint density at radius 3 is 2.48 bits per heavy atom. The highest BCUT2D eigenvalue weighted by atomic mass is 19.3. The summed E-state index contributed by atoms with van der Waals surface area (Å²) in [5, 5.41) is 6.24. The van der Waals surface area contributed by atoms with Crippen molar-refractivity contribution in [1.29, 1.82) is 0 Å². The molecule has 23 heavy (non-hydrogen) atoms. The van der Waals surface area contributed by atoms with Gasteiger partial charge in [-0.3, -0.25) is 0 Å². The first-order chi connectivity index (χ1) is 11.0. The van der Waals surface area contributed by atoms with Crippen molar-refractivity contribution in [3.8, 4) is 0 Å². The molecule has 0 saturated heterocycles. The summed E-state index contributed by atoms with van der Waals surface area (Å²) in [7, 11) is 5.77. The molecule has 0 spiro atoms. The Morgan fingerprint density at radius 1 is 1.22 bits per heavy atom. The van der Waals surface area contributed by atoms with Crippen molar-refractivity contribution < 1.29 is 8.78 Å². The minimum Gasteiger partial charge on any atom is -0.384 e. The second-order valence-corrected chi connectivity index (χ2v) is 5.95. The normalized spacial score (nSPS) is 21.5. The van der Waals surface area contributed by atoms with Gasteiger partial charge in [0.2, 0.25) is 6.43 Å². The maximum Gasteiger partial charge on any atom is 0.242 e. The lowest BCUT2D eigenvalue weighted by Gasteiger charge is -2.30. The Labute approximate surface area is 137 Å². The second kappa shape index (κ2) is 8.13. The summed E-state index contributed by atoms with van der Waals surface area (Å²) in [5.74, 6) is 0.868. The molecule has 2 aliphatic rings. The van der Waals surface area contributed by atoms with Gasteiger partial charge in [0.05, 0.1) is 5.70 Å². The van der Waals surface area contributed by atoms with E-state index in [2.05, 4.69) is 21.7 Å². The lowest BCUT2D eigenvalue weighted by Crippen LogP contribution is -2.39. The summed E-state index contributed by atoms with van der Waals surface area (Å²) in [6, 6.07) is 0. The predicted molar refractivity (Wildman–Crippen MR) is 90.4 cm³/mol. The maximum atomic E-state index is 12.4. The van der Waals surface area contributed by atoms with Crippen LogP contribution in [0, 0.1) is 0 Å². The van der Waals surface area contributed by atoms with E-state index < -0.39 is 6.43 Å². The zero-order chi connectivity index (χ0) is 16.8. The van der Waals surface area contributed by atoms with Crippen LogP contribution in [0.2, 0.25) is 0 Å². The maximum absolute atomic E-state index is 12.4. The molecule has 1 heterocycles. The molecule has 0 aromatic heterocycles. The molecular weight excluding hydrogens is 298 g/mol. The van der Waals surface area contributed by atoms with Crippen LogP contribution in [0.4, 0.5) is 8.78 Å². The van der Waals surface area contributed by atoms with Crippen LogP contribution < -0.4 is 10.6 Å². The third-order valence-corrected chi connectivity index (χ3v) is 4.30. The molecule has 0 fully saturated rings. The Balaban J connectivity index is 1.92. The number of nitrogens with one attached hydrogen (secondary N) is 2. The van der Waals surface area contributed by atoms with Gasteiger partial charge in [0.15, 0.2) is 0 Å². The van der Waals surface area contributed by atoms with Crippen molar-refractivity contribution >= 4 is 5.84 Å². The van der Waals surface area contributed by atoms with Gasteiger partial charge in [0.1, 0.15) is 12.0 Å². The van der Waals surface area contributed by atoms with Gasteiger partial charge in [0.25, 0.3) is 0 Å². The van der Waals surface area contributed by atoms with Gasteiger partial charge in [-0.25, -0.2) is 13.8 Å². The molecule has 1 atom stereocenters. The first-order valence-corrected chi connectivity index (χ1v) is 8.06. The molecule has 0 aromatic rings. The minimum atomic E-state index is -2.24. The van der Waals surface area contributed by atoms with Gasteiger partial charge in [-0.1, -0.05) is 23.3 Å². The number of amidine groups is 1. The van der Waals surface area contributed by atoms with Crippen LogP contribution in [0.3, 0.4) is 0 Å². The summed E-state index contributed by atoms with van der Waals surface area (Å²) < 4.78 is 24.8. The van der Waals surface area contributed by atoms with Crippen molar-refractivity contribution in [2.24, 2.45) is 4.99 Å². The average molecular weight is 324 g/mol. The van der Waals surface area contributed by atoms with Crippen LogP contribution in [-0.4, -0.2) is 44.5 Å². The molecule has 0 bridgehead atoms. The molecule has 0 radical (unpaired) electrons. The first kappa shape index (κ1) is 17.5. The van der Waals surface area contributed by atoms with E-state index in [-0.39, 0.29) is 12.6 Å². The van der Waals surface area contributed by atoms with Crippen LogP contribution in [-0.2, 0) is 0 Å². The number of aliphatic imine (C=N–C) groups is 1. The van der Waals surface area contributed by atoms with Crippen LogP contribution in [0.15, 0.2) is 40.2 Å². The van der Waals surface area contributed by atoms with Crippen LogP contribution in [0.25, 0.3) is 0 Å². The molecule has 1 aliphatic carbocycles. The van der Waals surface area contributed by atoms with Gasteiger partial charge in [-0.05, 0) is 25.7 Å². The zero-order valence-electron chi connectivity index (χ0n) is 14.1. The highest BCUT2D eigenvalue weighted by Gasteiger charge is 2.20. The molecule has 2 N–H and O–H groups in total. The molecule has 4 nitrogen and oxygen atoms in total. The number of hydrogen-bond donors (Lipinski definition) is 2. The number of rotatable bonds is 6. The molecule has 6 heteroatoms. The van der Waals surface area contributed by atoms with Crippen molar-refractivity contribution in [1.82, 2.24) is 15.5 Å². The van der Waals surface area contributed by atoms with Crippen molar-refractivity contribution in [3.63, 3.8) is 0 Å². The minimum absolute atomic E-state index is 0.0947. The molecule has 128 valence electrons. The molecule has 0 saturated carbocycles. The second-order valence-electron chi connectivity index (χ2n) is 5.95. The van der Waals surface area contributed by atoms with E-state index in [1.807, 2.05) is 33.3 Å². The lowest BCUT2D eigenvalue weighted by atomic mass is 9.93. The predicted octanol–water partition coefficient (Wildman–Crippen LogP) is 3.02. The third kappa shape index (κ3) is 4.81. The van der Waals surface area contributed by atoms with Gasteiger partial charge in [-0.15, -0.1) is 0 Å². The zero-order valence-corrected chi connectivity index (χ0v) is 14.1. The Hall–Kier alpha value is -1.85. The van der Waals surface area contributed by atoms with E-state index in [1.54, 1.807) is 0 Å². The molecular formula is C17H26F2N4. The monoisotopic (exact) mass is 324 g/mol. The van der Waals surface area contributed by atoms with Crippen LogP contribution in [0.5, 0.6) is 0 Å². The molecule has 0 aromatic carbocycles. The van der Waals surface area contributed by atoms with Crippen LogP contribution >= 0.6 is 0 Å². The van der Waals surface area contributed by atoms with E-state index in [4.69, 9.17) is 4.99 Å². The smallest absolute Gasteiger partial charge is 0.242 e. The average Bonchev–Trinajstić information content (AvgIpc) is 2.54. The third-order valence-electron chi connectivity index (χ3n) is 4.30. The van der Waals surface area contributed by atoms with Gasteiger partial charge >= 0.3 is 0 Å². The first-order valence-electron chi connectivity index (χ1n) is 8.06. The molecule has 1 unspecified atom stereocenters. The number of nitrogens with zero attached hydrogens (tertiary/aromatic N) is 2. The summed E-state index contributed by atoms with van der Waals surface area (Å²) in [4.78, 5) is 6.84. The Kier molecular flexibility index (Phi) is 6.19. The van der Waals surface area contributed by atoms with E-state index in [0.29, 0.717) is 0 Å². The van der Waals surface area contributed by atoms with Crippen LogP contribution in [0.1, 0.15) is 32.1 Å². The van der Waals surface area contributed by atoms with Gasteiger partial charge in [-0.2, -0.15) is 0 Å². The van der Waals surface area contributed by atoms with E-state index in [0.717, 1.165) is 42.8 Å². The van der Waals surface area contributed by atoms with E-state index in [9.17, 15) is 8.78 Å². The standard InChI is InChI=1S/C17H26F2N4/c1-20-14-11-23(3)16(22-17(14)21-2)9-8-12-4-6-13(7-5-12)10-15(18)19/h4,6,11,15-16,20H,5,7-10H2,1-3H3,(H,21,22). The largest absolute Gasteiger partial charge is 0.384 e. The summed E-state index contributed by atoms with van der Waals surface area (Å²) in [6.07, 6.45) is 7.20. The highest BCUT2D eigenvalue weighted by Crippen LogP contribution is 2.27. The van der Waals surface area contributed by atoms with Crippen molar-refractivity contribution in [3.05, 3.63) is 35.2 Å². The summed E-state index contributed by atoms with van der Waals surface area (Å²) in [6.45, 7) is 0. The summed E-state index contributed by atoms with van der Waals surface area (Å²) in [5.41, 5.74) is 3.15. The van der Waals surface area contributed by atoms with Crippen molar-refractivity contribution in [2.45, 2.75) is 44.7 Å². The van der Waals surface area contributed by atoms with E-state index in [1.165, 1.54) is 5.57 Å². The topological polar surface area (TPSA) is 39.7 Å². The number of hydrogen-bond acceptors (Lipinski definition) is 4. The quantitative estimate of drug-likeness (QED) is 0.789. The number of likely N-dealkylation sites (N-methyl/N-ethyl adjacent to an activating group) is 2. The SMILES string of the molecule is CNC1=CN(C)C(CCC2=CC=C(CC(F)F)CC2)N=C1NC. The van der Waals surface area contributed by atoms with Crippen molar-refractivity contribution in [2.75, 3.05) is 21.1 Å². The highest BCUT2D eigenvalue weighted by molar-refractivity contribution is 5.98. The number of halogens is 2. The van der Waals surface area contributed by atoms with Gasteiger partial charge in [0, 0.05) is 33.8 Å². The summed E-state index contributed by atoms with van der Waals surface area (Å²) >= 11 is 0. The number of allylic oxidation sites excluding steroid dienone is 4. The molecule has 1 aliphatic heterocycles. The fraction of sp³-hybridized carbons (Fsp3) is 0.588. The number of alkyl halides is 2. The van der Waals surface area contributed by atoms with Gasteiger partial charge < -0.3 is 15.5 Å². The molecule has 2 rings (SSSR count). The Morgan fingerprint density at radius 2 is 1.91 bits per heavy atom. The fourth-order valence-corrected chi connectivity index (χ4v) is 2.93. The van der Waals surface area contributed by atoms with E-state index >= 15 is 0 Å². The fourth-order valence-electron chi connectivity index (χ4n) is 2.93. The Bertz CT molecular complexity index is 535.